The fourth-order valence-electron chi connectivity index (χ4n) is 1.57. The van der Waals surface area contributed by atoms with Gasteiger partial charge in [0.1, 0.15) is 0 Å². The highest BCUT2D eigenvalue weighted by Gasteiger charge is 2.17. The normalized spacial score (nSPS) is 10.2. The minimum absolute atomic E-state index is 0.0418. The van der Waals surface area contributed by atoms with Crippen molar-refractivity contribution in [3.8, 4) is 11.3 Å². The highest BCUT2D eigenvalue weighted by Crippen LogP contribution is 2.33. The van der Waals surface area contributed by atoms with Crippen molar-refractivity contribution in [3.63, 3.8) is 0 Å². The summed E-state index contributed by atoms with van der Waals surface area (Å²) in [6.07, 6.45) is 0.345. The maximum atomic E-state index is 14.2. The van der Waals surface area contributed by atoms with Crippen LogP contribution in [0.25, 0.3) is 11.3 Å². The Labute approximate surface area is 117 Å². The third-order valence-electron chi connectivity index (χ3n) is 2.45. The molecule has 1 amide bonds. The fourth-order valence-corrected chi connectivity index (χ4v) is 1.73. The number of benzene rings is 1. The number of carbonyl (C=O) groups is 1. The summed E-state index contributed by atoms with van der Waals surface area (Å²) in [5, 5.41) is 2.18. The van der Waals surface area contributed by atoms with Gasteiger partial charge in [-0.3, -0.25) is 10.1 Å². The molecule has 0 aliphatic carbocycles. The predicted octanol–water partition coefficient (Wildman–Crippen LogP) is 2.41. The van der Waals surface area contributed by atoms with E-state index in [0.717, 1.165) is 12.4 Å². The molecule has 1 heterocycles. The van der Waals surface area contributed by atoms with E-state index in [0.29, 0.717) is 0 Å². The molecule has 0 aliphatic heterocycles. The number of amides is 1. The van der Waals surface area contributed by atoms with Crippen LogP contribution in [0.15, 0.2) is 29.3 Å². The Morgan fingerprint density at radius 3 is 2.90 bits per heavy atom. The first-order chi connectivity index (χ1) is 9.52. The quantitative estimate of drug-likeness (QED) is 0.891. The van der Waals surface area contributed by atoms with Crippen LogP contribution in [0, 0.1) is 5.82 Å². The number of nitrogens with zero attached hydrogens (tertiary/aromatic N) is 1. The van der Waals surface area contributed by atoms with Crippen LogP contribution in [0.3, 0.4) is 0 Å². The van der Waals surface area contributed by atoms with Crippen LogP contribution >= 0.6 is 11.6 Å². The molecule has 20 heavy (non-hydrogen) atoms. The lowest BCUT2D eigenvalue weighted by Crippen LogP contribution is -2.13. The van der Waals surface area contributed by atoms with E-state index in [-0.39, 0.29) is 22.0 Å². The summed E-state index contributed by atoms with van der Waals surface area (Å²) in [6, 6.07) is 3.76. The molecule has 1 aromatic heterocycles. The summed E-state index contributed by atoms with van der Waals surface area (Å²) < 4.78 is 18.6. The van der Waals surface area contributed by atoms with Gasteiger partial charge in [0.15, 0.2) is 5.82 Å². The first kappa shape index (κ1) is 14.0. The summed E-state index contributed by atoms with van der Waals surface area (Å²) in [5.74, 6) is -0.793. The topological polar surface area (TPSA) is 84.1 Å². The molecule has 2 N–H and O–H groups in total. The zero-order chi connectivity index (χ0) is 14.7. The van der Waals surface area contributed by atoms with Crippen molar-refractivity contribution in [2.24, 2.45) is 0 Å². The number of aromatic nitrogens is 2. The van der Waals surface area contributed by atoms with Crippen molar-refractivity contribution >= 4 is 23.4 Å². The lowest BCUT2D eigenvalue weighted by Gasteiger charge is -2.11. The summed E-state index contributed by atoms with van der Waals surface area (Å²) in [6.45, 7) is 0. The van der Waals surface area contributed by atoms with E-state index in [1.807, 2.05) is 0 Å². The van der Waals surface area contributed by atoms with Crippen molar-refractivity contribution in [1.82, 2.24) is 9.97 Å². The number of hydrogen-bond acceptors (Lipinski definition) is 4. The highest BCUT2D eigenvalue weighted by atomic mass is 35.5. The SMILES string of the molecule is COC(=O)Nc1ccc(Cl)c(F)c1-c1cc(=O)[nH]cn1. The number of carbonyl (C=O) groups excluding carboxylic acids is 1. The van der Waals surface area contributed by atoms with Crippen LogP contribution in [0.5, 0.6) is 0 Å². The lowest BCUT2D eigenvalue weighted by atomic mass is 10.1. The summed E-state index contributed by atoms with van der Waals surface area (Å²) in [5.41, 5.74) is -0.413. The number of methoxy groups -OCH3 is 1. The third-order valence-corrected chi connectivity index (χ3v) is 2.74. The van der Waals surface area contributed by atoms with Crippen LogP contribution in [-0.2, 0) is 4.74 Å². The van der Waals surface area contributed by atoms with E-state index in [1.165, 1.54) is 19.2 Å². The second-order valence-electron chi connectivity index (χ2n) is 3.70. The molecule has 0 spiro atoms. The molecule has 0 atom stereocenters. The van der Waals surface area contributed by atoms with E-state index >= 15 is 0 Å². The van der Waals surface area contributed by atoms with Gasteiger partial charge in [-0.1, -0.05) is 11.6 Å². The smallest absolute Gasteiger partial charge is 0.411 e. The monoisotopic (exact) mass is 297 g/mol. The summed E-state index contributed by atoms with van der Waals surface area (Å²) in [7, 11) is 1.17. The van der Waals surface area contributed by atoms with Gasteiger partial charge in [-0.25, -0.2) is 14.2 Å². The molecule has 6 nitrogen and oxygen atoms in total. The van der Waals surface area contributed by atoms with Crippen molar-refractivity contribution in [1.29, 1.82) is 0 Å². The molecular formula is C12H9ClFN3O3. The van der Waals surface area contributed by atoms with E-state index < -0.39 is 17.5 Å². The van der Waals surface area contributed by atoms with Gasteiger partial charge in [0.05, 0.1) is 35.4 Å². The molecule has 0 bridgehead atoms. The number of aromatic amines is 1. The minimum atomic E-state index is -0.793. The first-order valence-electron chi connectivity index (χ1n) is 5.41. The third kappa shape index (κ3) is 2.77. The largest absolute Gasteiger partial charge is 0.453 e. The lowest BCUT2D eigenvalue weighted by molar-refractivity contribution is 0.187. The highest BCUT2D eigenvalue weighted by molar-refractivity contribution is 6.31. The molecule has 0 saturated carbocycles. The van der Waals surface area contributed by atoms with E-state index in [4.69, 9.17) is 11.6 Å². The number of nitrogens with one attached hydrogen (secondary N) is 2. The average molecular weight is 298 g/mol. The van der Waals surface area contributed by atoms with E-state index in [9.17, 15) is 14.0 Å². The Bertz CT molecular complexity index is 717. The number of ether oxygens (including phenoxy) is 1. The average Bonchev–Trinajstić information content (AvgIpc) is 2.43. The number of halogens is 2. The number of hydrogen-bond donors (Lipinski definition) is 2. The van der Waals surface area contributed by atoms with Crippen LogP contribution in [-0.4, -0.2) is 23.2 Å². The minimum Gasteiger partial charge on any atom is -0.453 e. The first-order valence-corrected chi connectivity index (χ1v) is 5.79. The van der Waals surface area contributed by atoms with Crippen molar-refractivity contribution in [2.45, 2.75) is 0 Å². The van der Waals surface area contributed by atoms with Gasteiger partial charge < -0.3 is 9.72 Å². The molecule has 2 rings (SSSR count). The Hall–Kier alpha value is -2.41. The van der Waals surface area contributed by atoms with E-state index in [2.05, 4.69) is 20.0 Å². The van der Waals surface area contributed by atoms with Crippen LogP contribution in [0.1, 0.15) is 0 Å². The predicted molar refractivity (Wildman–Crippen MR) is 71.3 cm³/mol. The van der Waals surface area contributed by atoms with Gasteiger partial charge in [0.2, 0.25) is 0 Å². The Balaban J connectivity index is 2.62. The van der Waals surface area contributed by atoms with Gasteiger partial charge >= 0.3 is 6.09 Å². The standard InChI is InChI=1S/C12H9ClFN3O3/c1-20-12(19)17-7-3-2-6(13)11(14)10(7)8-4-9(18)16-5-15-8/h2-5H,1H3,(H,17,19)(H,15,16,18). The summed E-state index contributed by atoms with van der Waals surface area (Å²) in [4.78, 5) is 28.7. The van der Waals surface area contributed by atoms with Gasteiger partial charge in [-0.15, -0.1) is 0 Å². The molecule has 0 unspecified atom stereocenters. The number of H-pyrrole nitrogens is 1. The molecule has 1 aromatic carbocycles. The molecule has 104 valence electrons. The summed E-state index contributed by atoms with van der Waals surface area (Å²) >= 11 is 5.71. The molecule has 2 aromatic rings. The van der Waals surface area contributed by atoms with E-state index in [1.54, 1.807) is 0 Å². The molecule has 0 radical (unpaired) electrons. The van der Waals surface area contributed by atoms with Gasteiger partial charge in [-0.2, -0.15) is 0 Å². The van der Waals surface area contributed by atoms with Crippen LogP contribution in [0.4, 0.5) is 14.9 Å². The van der Waals surface area contributed by atoms with Crippen LogP contribution < -0.4 is 10.9 Å². The molecular weight excluding hydrogens is 289 g/mol. The Kier molecular flexibility index (Phi) is 3.99. The maximum absolute atomic E-state index is 14.2. The molecule has 8 heteroatoms. The zero-order valence-electron chi connectivity index (χ0n) is 10.2. The Morgan fingerprint density at radius 1 is 1.50 bits per heavy atom. The van der Waals surface area contributed by atoms with Crippen molar-refractivity contribution in [2.75, 3.05) is 12.4 Å². The van der Waals surface area contributed by atoms with Gasteiger partial charge in [-0.05, 0) is 12.1 Å². The van der Waals surface area contributed by atoms with Crippen molar-refractivity contribution < 1.29 is 13.9 Å². The zero-order valence-corrected chi connectivity index (χ0v) is 11.0. The second-order valence-corrected chi connectivity index (χ2v) is 4.10. The van der Waals surface area contributed by atoms with Crippen LogP contribution in [0.2, 0.25) is 5.02 Å². The Morgan fingerprint density at radius 2 is 2.25 bits per heavy atom. The van der Waals surface area contributed by atoms with Gasteiger partial charge in [0.25, 0.3) is 5.56 Å². The fraction of sp³-hybridized carbons (Fsp3) is 0.0833. The van der Waals surface area contributed by atoms with Crippen molar-refractivity contribution in [3.05, 3.63) is 45.7 Å². The number of rotatable bonds is 2. The number of anilines is 1. The molecule has 0 saturated heterocycles. The maximum Gasteiger partial charge on any atom is 0.411 e. The molecule has 0 fully saturated rings. The second kappa shape index (κ2) is 5.70. The van der Waals surface area contributed by atoms with Gasteiger partial charge in [0, 0.05) is 6.07 Å². The molecule has 0 aliphatic rings.